The Morgan fingerprint density at radius 1 is 1.32 bits per heavy atom. The van der Waals surface area contributed by atoms with E-state index in [1.165, 1.54) is 17.0 Å². The monoisotopic (exact) mass is 266 g/mol. The lowest BCUT2D eigenvalue weighted by atomic mass is 10.1. The molecule has 0 fully saturated rings. The summed E-state index contributed by atoms with van der Waals surface area (Å²) in [7, 11) is 3.46. The van der Waals surface area contributed by atoms with Gasteiger partial charge in [-0.05, 0) is 17.7 Å². The van der Waals surface area contributed by atoms with Crippen molar-refractivity contribution in [2.45, 2.75) is 13.1 Å². The first-order chi connectivity index (χ1) is 9.02. The van der Waals surface area contributed by atoms with Crippen molar-refractivity contribution >= 4 is 5.69 Å². The summed E-state index contributed by atoms with van der Waals surface area (Å²) in [6, 6.07) is 2.51. The quantitative estimate of drug-likeness (QED) is 0.917. The van der Waals surface area contributed by atoms with Gasteiger partial charge in [0.15, 0.2) is 0 Å². The molecule has 0 spiro atoms. The molecule has 1 heterocycles. The number of imidazole rings is 1. The first-order valence-corrected chi connectivity index (χ1v) is 5.88. The van der Waals surface area contributed by atoms with Crippen LogP contribution in [0.5, 0.6) is 0 Å². The van der Waals surface area contributed by atoms with Gasteiger partial charge in [-0.3, -0.25) is 0 Å². The summed E-state index contributed by atoms with van der Waals surface area (Å²) in [5.41, 5.74) is 5.75. The van der Waals surface area contributed by atoms with Crippen molar-refractivity contribution in [3.05, 3.63) is 47.5 Å². The molecule has 2 aromatic rings. The van der Waals surface area contributed by atoms with Gasteiger partial charge < -0.3 is 15.2 Å². The average Bonchev–Trinajstić information content (AvgIpc) is 2.74. The second-order valence-corrected chi connectivity index (χ2v) is 4.42. The van der Waals surface area contributed by atoms with Crippen LogP contribution in [-0.2, 0) is 20.1 Å². The molecule has 2 N–H and O–H groups in total. The van der Waals surface area contributed by atoms with Gasteiger partial charge >= 0.3 is 0 Å². The predicted octanol–water partition coefficient (Wildman–Crippen LogP) is 1.79. The van der Waals surface area contributed by atoms with Crippen LogP contribution in [0.3, 0.4) is 0 Å². The Bertz CT molecular complexity index is 557. The largest absolute Gasteiger partial charge is 0.362 e. The van der Waals surface area contributed by atoms with Crippen molar-refractivity contribution in [3.8, 4) is 0 Å². The molecule has 1 aromatic carbocycles. The molecule has 0 aliphatic carbocycles. The highest BCUT2D eigenvalue weighted by molar-refractivity contribution is 5.50. The van der Waals surface area contributed by atoms with Gasteiger partial charge in [0.25, 0.3) is 0 Å². The van der Waals surface area contributed by atoms with Crippen LogP contribution in [0.2, 0.25) is 0 Å². The molecule has 0 saturated carbocycles. The highest BCUT2D eigenvalue weighted by Crippen LogP contribution is 2.25. The van der Waals surface area contributed by atoms with Crippen LogP contribution in [0, 0.1) is 11.6 Å². The number of halogens is 2. The fraction of sp³-hybridized carbons (Fsp3) is 0.308. The molecule has 0 aliphatic rings. The lowest BCUT2D eigenvalue weighted by Gasteiger charge is -2.20. The first kappa shape index (κ1) is 13.5. The molecular weight excluding hydrogens is 250 g/mol. The maximum absolute atomic E-state index is 13.9. The van der Waals surface area contributed by atoms with E-state index in [0.29, 0.717) is 12.1 Å². The molecular formula is C13H16F2N4. The molecule has 0 aliphatic heterocycles. The summed E-state index contributed by atoms with van der Waals surface area (Å²) in [6.07, 6.45) is 3.43. The van der Waals surface area contributed by atoms with Crippen LogP contribution in [-0.4, -0.2) is 16.6 Å². The number of hydrogen-bond acceptors (Lipinski definition) is 3. The zero-order chi connectivity index (χ0) is 14.0. The fourth-order valence-corrected chi connectivity index (χ4v) is 1.94. The number of hydrogen-bond donors (Lipinski definition) is 1. The summed E-state index contributed by atoms with van der Waals surface area (Å²) in [5.74, 6) is -0.501. The molecule has 0 atom stereocenters. The van der Waals surface area contributed by atoms with E-state index in [9.17, 15) is 8.78 Å². The second-order valence-electron chi connectivity index (χ2n) is 4.42. The van der Waals surface area contributed by atoms with Crippen molar-refractivity contribution in [2.75, 3.05) is 11.9 Å². The molecule has 0 saturated heterocycles. The third kappa shape index (κ3) is 2.73. The van der Waals surface area contributed by atoms with Crippen molar-refractivity contribution in [1.82, 2.24) is 9.55 Å². The highest BCUT2D eigenvalue weighted by Gasteiger charge is 2.16. The predicted molar refractivity (Wildman–Crippen MR) is 69.6 cm³/mol. The Labute approximate surface area is 110 Å². The Hall–Kier alpha value is -1.95. The number of aryl methyl sites for hydroxylation is 1. The molecule has 6 heteroatoms. The van der Waals surface area contributed by atoms with E-state index in [0.717, 1.165) is 5.82 Å². The summed E-state index contributed by atoms with van der Waals surface area (Å²) < 4.78 is 29.6. The zero-order valence-electron chi connectivity index (χ0n) is 10.9. The van der Waals surface area contributed by atoms with Gasteiger partial charge in [-0.2, -0.15) is 0 Å². The fourth-order valence-electron chi connectivity index (χ4n) is 1.94. The summed E-state index contributed by atoms with van der Waals surface area (Å²) in [4.78, 5) is 5.62. The highest BCUT2D eigenvalue weighted by atomic mass is 19.1. The van der Waals surface area contributed by atoms with Gasteiger partial charge in [-0.15, -0.1) is 0 Å². The van der Waals surface area contributed by atoms with Gasteiger partial charge in [0, 0.05) is 33.0 Å². The Morgan fingerprint density at radius 2 is 1.95 bits per heavy atom. The van der Waals surface area contributed by atoms with E-state index in [1.807, 2.05) is 7.05 Å². The first-order valence-electron chi connectivity index (χ1n) is 5.88. The van der Waals surface area contributed by atoms with Crippen LogP contribution in [0.25, 0.3) is 0 Å². The summed E-state index contributed by atoms with van der Waals surface area (Å²) in [5, 5.41) is 0. The molecule has 0 amide bonds. The summed E-state index contributed by atoms with van der Waals surface area (Å²) >= 11 is 0. The molecule has 0 unspecified atom stereocenters. The average molecular weight is 266 g/mol. The maximum Gasteiger partial charge on any atom is 0.149 e. The Morgan fingerprint density at radius 3 is 2.42 bits per heavy atom. The number of aromatic nitrogens is 2. The minimum Gasteiger partial charge on any atom is -0.362 e. The zero-order valence-corrected chi connectivity index (χ0v) is 10.9. The van der Waals surface area contributed by atoms with Crippen LogP contribution in [0.15, 0.2) is 24.5 Å². The van der Waals surface area contributed by atoms with E-state index >= 15 is 0 Å². The minimum atomic E-state index is -0.614. The van der Waals surface area contributed by atoms with E-state index < -0.39 is 11.6 Å². The van der Waals surface area contributed by atoms with E-state index in [2.05, 4.69) is 4.98 Å². The normalized spacial score (nSPS) is 10.8. The number of anilines is 1. The van der Waals surface area contributed by atoms with Crippen molar-refractivity contribution in [1.29, 1.82) is 0 Å². The van der Waals surface area contributed by atoms with E-state index in [-0.39, 0.29) is 12.2 Å². The summed E-state index contributed by atoms with van der Waals surface area (Å²) in [6.45, 7) is 0.427. The maximum atomic E-state index is 13.9. The van der Waals surface area contributed by atoms with Crippen molar-refractivity contribution in [3.63, 3.8) is 0 Å². The van der Waals surface area contributed by atoms with Crippen LogP contribution in [0.1, 0.15) is 11.4 Å². The number of nitrogens with zero attached hydrogens (tertiary/aromatic N) is 3. The smallest absolute Gasteiger partial charge is 0.149 e. The van der Waals surface area contributed by atoms with Crippen molar-refractivity contribution in [2.24, 2.45) is 12.8 Å². The molecule has 0 bridgehead atoms. The number of benzene rings is 1. The van der Waals surface area contributed by atoms with Gasteiger partial charge in [0.1, 0.15) is 23.1 Å². The minimum absolute atomic E-state index is 0.0693. The molecule has 2 rings (SSSR count). The molecule has 102 valence electrons. The third-order valence-corrected chi connectivity index (χ3v) is 2.99. The van der Waals surface area contributed by atoms with Crippen LogP contribution < -0.4 is 10.6 Å². The second kappa shape index (κ2) is 5.36. The molecule has 4 nitrogen and oxygen atoms in total. The SMILES string of the molecule is CN(Cc1nccn1C)c1c(F)cc(CN)cc1F. The number of nitrogens with two attached hydrogens (primary N) is 1. The molecule has 1 aromatic heterocycles. The number of rotatable bonds is 4. The standard InChI is InChI=1S/C13H16F2N4/c1-18-4-3-17-12(18)8-19(2)13-10(14)5-9(7-16)6-11(13)15/h3-6H,7-8,16H2,1-2H3. The van der Waals surface area contributed by atoms with Gasteiger partial charge in [-0.25, -0.2) is 13.8 Å². The van der Waals surface area contributed by atoms with Gasteiger partial charge in [-0.1, -0.05) is 0 Å². The third-order valence-electron chi connectivity index (χ3n) is 2.99. The lowest BCUT2D eigenvalue weighted by Crippen LogP contribution is -2.21. The van der Waals surface area contributed by atoms with E-state index in [4.69, 9.17) is 5.73 Å². The van der Waals surface area contributed by atoms with Crippen LogP contribution >= 0.6 is 0 Å². The molecule has 19 heavy (non-hydrogen) atoms. The van der Waals surface area contributed by atoms with Crippen molar-refractivity contribution < 1.29 is 8.78 Å². The Kier molecular flexibility index (Phi) is 3.80. The molecule has 0 radical (unpaired) electrons. The Balaban J connectivity index is 2.29. The lowest BCUT2D eigenvalue weighted by molar-refractivity contribution is 0.570. The van der Waals surface area contributed by atoms with E-state index in [1.54, 1.807) is 24.0 Å². The van der Waals surface area contributed by atoms with Crippen LogP contribution in [0.4, 0.5) is 14.5 Å². The van der Waals surface area contributed by atoms with Gasteiger partial charge in [0.2, 0.25) is 0 Å². The van der Waals surface area contributed by atoms with Gasteiger partial charge in [0.05, 0.1) is 6.54 Å². The topological polar surface area (TPSA) is 47.1 Å².